The van der Waals surface area contributed by atoms with E-state index in [-0.39, 0.29) is 0 Å². The predicted octanol–water partition coefficient (Wildman–Crippen LogP) is 3.24. The highest BCUT2D eigenvalue weighted by Gasteiger charge is 1.97. The summed E-state index contributed by atoms with van der Waals surface area (Å²) in [6.07, 6.45) is 7.28. The first-order chi connectivity index (χ1) is 4.31. The zero-order valence-corrected chi connectivity index (χ0v) is 6.69. The fourth-order valence-corrected chi connectivity index (χ4v) is 0.928. The molecule has 0 N–H and O–H groups in total. The summed E-state index contributed by atoms with van der Waals surface area (Å²) in [6, 6.07) is 0. The fourth-order valence-electron chi connectivity index (χ4n) is 0.928. The van der Waals surface area contributed by atoms with Crippen LogP contribution in [0.15, 0.2) is 0 Å². The third-order valence-electron chi connectivity index (χ3n) is 1.58. The van der Waals surface area contributed by atoms with Crippen molar-refractivity contribution < 1.29 is 0 Å². The standard InChI is InChI=1S/C9H18/c1-4-6-8-9(3)7-5-2/h7,9H,2,4-6,8H2,1,3H3. The van der Waals surface area contributed by atoms with Crippen LogP contribution in [0.5, 0.6) is 0 Å². The predicted molar refractivity (Wildman–Crippen MR) is 43.0 cm³/mol. The van der Waals surface area contributed by atoms with Crippen molar-refractivity contribution in [3.8, 4) is 0 Å². The van der Waals surface area contributed by atoms with Gasteiger partial charge >= 0.3 is 0 Å². The molecule has 0 amide bonds. The van der Waals surface area contributed by atoms with Gasteiger partial charge in [-0.2, -0.15) is 0 Å². The molecule has 0 aliphatic rings. The molecule has 0 aromatic rings. The van der Waals surface area contributed by atoms with Crippen molar-refractivity contribution in [2.24, 2.45) is 5.92 Å². The maximum absolute atomic E-state index is 3.78. The Hall–Kier alpha value is 0. The summed E-state index contributed by atoms with van der Waals surface area (Å²) in [5.41, 5.74) is 0. The number of rotatable bonds is 5. The van der Waals surface area contributed by atoms with Crippen LogP contribution in [-0.2, 0) is 0 Å². The van der Waals surface area contributed by atoms with Crippen LogP contribution in [0, 0.1) is 19.3 Å². The van der Waals surface area contributed by atoms with Gasteiger partial charge in [-0.1, -0.05) is 40.0 Å². The smallest absolute Gasteiger partial charge is 0.0358 e. The van der Waals surface area contributed by atoms with Gasteiger partial charge in [-0.3, -0.25) is 0 Å². The first kappa shape index (κ1) is 9.00. The molecule has 0 aromatic heterocycles. The number of hydrogen-bond acceptors (Lipinski definition) is 0. The SMILES string of the molecule is [CH2]C[CH]C(C)CCCC. The lowest BCUT2D eigenvalue weighted by molar-refractivity contribution is 0.558. The van der Waals surface area contributed by atoms with Crippen LogP contribution in [0.25, 0.3) is 0 Å². The van der Waals surface area contributed by atoms with Gasteiger partial charge < -0.3 is 0 Å². The number of unbranched alkanes of at least 4 members (excludes halogenated alkanes) is 1. The van der Waals surface area contributed by atoms with Crippen LogP contribution in [0.3, 0.4) is 0 Å². The maximum atomic E-state index is 3.78. The van der Waals surface area contributed by atoms with E-state index >= 15 is 0 Å². The Bertz CT molecular complexity index is 48.0. The van der Waals surface area contributed by atoms with E-state index in [0.29, 0.717) is 0 Å². The van der Waals surface area contributed by atoms with Crippen LogP contribution >= 0.6 is 0 Å². The molecule has 0 bridgehead atoms. The van der Waals surface area contributed by atoms with Crippen molar-refractivity contribution in [3.05, 3.63) is 13.3 Å². The summed E-state index contributed by atoms with van der Waals surface area (Å²) < 4.78 is 0. The summed E-state index contributed by atoms with van der Waals surface area (Å²) in [4.78, 5) is 0. The van der Waals surface area contributed by atoms with Crippen molar-refractivity contribution in [2.75, 3.05) is 0 Å². The third kappa shape index (κ3) is 5.88. The average Bonchev–Trinajstić information content (AvgIpc) is 1.85. The Kier molecular flexibility index (Phi) is 6.12. The zero-order valence-electron chi connectivity index (χ0n) is 6.69. The van der Waals surface area contributed by atoms with Gasteiger partial charge in [0.05, 0.1) is 0 Å². The fraction of sp³-hybridized carbons (Fsp3) is 0.778. The van der Waals surface area contributed by atoms with Crippen LogP contribution in [0.1, 0.15) is 39.5 Å². The second-order valence-corrected chi connectivity index (χ2v) is 2.64. The Morgan fingerprint density at radius 2 is 2.22 bits per heavy atom. The van der Waals surface area contributed by atoms with Gasteiger partial charge in [-0.25, -0.2) is 0 Å². The molecule has 1 atom stereocenters. The van der Waals surface area contributed by atoms with E-state index in [1.165, 1.54) is 19.3 Å². The van der Waals surface area contributed by atoms with Crippen LogP contribution in [-0.4, -0.2) is 0 Å². The Morgan fingerprint density at radius 1 is 1.56 bits per heavy atom. The van der Waals surface area contributed by atoms with E-state index < -0.39 is 0 Å². The number of hydrogen-bond donors (Lipinski definition) is 0. The summed E-state index contributed by atoms with van der Waals surface area (Å²) in [5.74, 6) is 0.780. The molecule has 0 saturated carbocycles. The molecule has 0 aliphatic heterocycles. The highest BCUT2D eigenvalue weighted by atomic mass is 14.0. The van der Waals surface area contributed by atoms with E-state index in [2.05, 4.69) is 27.2 Å². The molecule has 0 saturated heterocycles. The van der Waals surface area contributed by atoms with E-state index in [4.69, 9.17) is 0 Å². The monoisotopic (exact) mass is 126 g/mol. The Morgan fingerprint density at radius 3 is 2.67 bits per heavy atom. The molecule has 0 nitrogen and oxygen atoms in total. The molecule has 1 unspecified atom stereocenters. The van der Waals surface area contributed by atoms with Crippen LogP contribution < -0.4 is 0 Å². The van der Waals surface area contributed by atoms with Gasteiger partial charge in [0.15, 0.2) is 0 Å². The van der Waals surface area contributed by atoms with E-state index in [1.807, 2.05) is 0 Å². The molecule has 0 fully saturated rings. The summed E-state index contributed by atoms with van der Waals surface area (Å²) in [6.45, 7) is 8.28. The molecule has 0 rings (SSSR count). The molecule has 0 aromatic carbocycles. The van der Waals surface area contributed by atoms with Gasteiger partial charge in [-0.05, 0) is 18.8 Å². The van der Waals surface area contributed by atoms with E-state index in [0.717, 1.165) is 12.3 Å². The minimum Gasteiger partial charge on any atom is -0.0654 e. The topological polar surface area (TPSA) is 0 Å². The highest BCUT2D eigenvalue weighted by Crippen LogP contribution is 2.11. The van der Waals surface area contributed by atoms with Crippen molar-refractivity contribution in [3.63, 3.8) is 0 Å². The summed E-state index contributed by atoms with van der Waals surface area (Å²) in [7, 11) is 0. The highest BCUT2D eigenvalue weighted by molar-refractivity contribution is 4.72. The lowest BCUT2D eigenvalue weighted by Crippen LogP contribution is -1.93. The second kappa shape index (κ2) is 6.12. The minimum atomic E-state index is 0.780. The quantitative estimate of drug-likeness (QED) is 0.530. The first-order valence-electron chi connectivity index (χ1n) is 3.93. The molecule has 9 heavy (non-hydrogen) atoms. The zero-order chi connectivity index (χ0) is 7.11. The molecule has 0 spiro atoms. The normalized spacial score (nSPS) is 13.7. The van der Waals surface area contributed by atoms with Gasteiger partial charge in [-0.15, -0.1) is 0 Å². The maximum Gasteiger partial charge on any atom is -0.0358 e. The summed E-state index contributed by atoms with van der Waals surface area (Å²) in [5, 5.41) is 0. The van der Waals surface area contributed by atoms with Gasteiger partial charge in [0.1, 0.15) is 0 Å². The van der Waals surface area contributed by atoms with E-state index in [9.17, 15) is 0 Å². The molecule has 0 heterocycles. The lowest BCUT2D eigenvalue weighted by Gasteiger charge is -2.06. The average molecular weight is 126 g/mol. The van der Waals surface area contributed by atoms with Crippen molar-refractivity contribution in [1.29, 1.82) is 0 Å². The van der Waals surface area contributed by atoms with Crippen molar-refractivity contribution in [2.45, 2.75) is 39.5 Å². The van der Waals surface area contributed by atoms with Gasteiger partial charge in [0.25, 0.3) is 0 Å². The van der Waals surface area contributed by atoms with Crippen molar-refractivity contribution >= 4 is 0 Å². The lowest BCUT2D eigenvalue weighted by atomic mass is 10.00. The Labute approximate surface area is 59.7 Å². The van der Waals surface area contributed by atoms with Crippen LogP contribution in [0.4, 0.5) is 0 Å². The first-order valence-corrected chi connectivity index (χ1v) is 3.93. The van der Waals surface area contributed by atoms with Gasteiger partial charge in [0.2, 0.25) is 0 Å². The van der Waals surface area contributed by atoms with Crippen LogP contribution in [0.2, 0.25) is 0 Å². The Balaban J connectivity index is 2.95. The minimum absolute atomic E-state index is 0.780. The van der Waals surface area contributed by atoms with Gasteiger partial charge in [0, 0.05) is 0 Å². The largest absolute Gasteiger partial charge is 0.0654 e. The molecular weight excluding hydrogens is 108 g/mol. The molecule has 2 radical (unpaired) electrons. The second-order valence-electron chi connectivity index (χ2n) is 2.64. The van der Waals surface area contributed by atoms with Crippen molar-refractivity contribution in [1.82, 2.24) is 0 Å². The molecule has 54 valence electrons. The van der Waals surface area contributed by atoms with E-state index in [1.54, 1.807) is 0 Å². The third-order valence-corrected chi connectivity index (χ3v) is 1.58. The molecule has 0 heteroatoms. The molecule has 0 aliphatic carbocycles. The summed E-state index contributed by atoms with van der Waals surface area (Å²) >= 11 is 0. The molecular formula is C9H18.